The van der Waals surface area contributed by atoms with Crippen molar-refractivity contribution in [1.82, 2.24) is 30.5 Å². The van der Waals surface area contributed by atoms with Crippen molar-refractivity contribution in [1.29, 1.82) is 0 Å². The standard InChI is InChI=1S/C19H22N8O/c1-13-22-18(26-25-13)14-4-6-15(7-5-14)23-19(28)24-16-3-2-10-27(12-16)17-11-20-8-9-21-17/h4-9,11,16H,2-3,10,12H2,1H3,(H,22,25,26)(H2,23,24,28)/t16-/m1/s1. The number of rotatable bonds is 4. The highest BCUT2D eigenvalue weighted by atomic mass is 16.2. The minimum Gasteiger partial charge on any atom is -0.353 e. The highest BCUT2D eigenvalue weighted by Gasteiger charge is 2.22. The van der Waals surface area contributed by atoms with Crippen LogP contribution >= 0.6 is 0 Å². The molecule has 9 heteroatoms. The van der Waals surface area contributed by atoms with Gasteiger partial charge in [-0.2, -0.15) is 5.10 Å². The summed E-state index contributed by atoms with van der Waals surface area (Å²) in [5, 5.41) is 12.9. The van der Waals surface area contributed by atoms with E-state index in [4.69, 9.17) is 0 Å². The largest absolute Gasteiger partial charge is 0.353 e. The van der Waals surface area contributed by atoms with E-state index in [-0.39, 0.29) is 12.1 Å². The van der Waals surface area contributed by atoms with Crippen LogP contribution in [0.2, 0.25) is 0 Å². The smallest absolute Gasteiger partial charge is 0.319 e. The molecule has 3 heterocycles. The molecule has 1 fully saturated rings. The average Bonchev–Trinajstić information content (AvgIpc) is 3.16. The second-order valence-corrected chi connectivity index (χ2v) is 6.77. The van der Waals surface area contributed by atoms with E-state index in [9.17, 15) is 4.79 Å². The van der Waals surface area contributed by atoms with Crippen molar-refractivity contribution in [2.45, 2.75) is 25.8 Å². The molecule has 144 valence electrons. The van der Waals surface area contributed by atoms with Crippen LogP contribution in [-0.2, 0) is 0 Å². The van der Waals surface area contributed by atoms with E-state index in [2.05, 4.69) is 40.7 Å². The van der Waals surface area contributed by atoms with Crippen molar-refractivity contribution in [3.05, 3.63) is 48.7 Å². The summed E-state index contributed by atoms with van der Waals surface area (Å²) in [6.07, 6.45) is 7.02. The monoisotopic (exact) mass is 378 g/mol. The molecule has 0 aliphatic carbocycles. The van der Waals surface area contributed by atoms with Gasteiger partial charge in [-0.15, -0.1) is 0 Å². The third-order valence-corrected chi connectivity index (χ3v) is 4.63. The van der Waals surface area contributed by atoms with Gasteiger partial charge in [0.1, 0.15) is 11.6 Å². The fourth-order valence-corrected chi connectivity index (χ4v) is 3.28. The fourth-order valence-electron chi connectivity index (χ4n) is 3.28. The number of benzene rings is 1. The molecule has 2 aromatic heterocycles. The summed E-state index contributed by atoms with van der Waals surface area (Å²) >= 11 is 0. The molecule has 0 spiro atoms. The first-order valence-corrected chi connectivity index (χ1v) is 9.25. The second-order valence-electron chi connectivity index (χ2n) is 6.77. The van der Waals surface area contributed by atoms with E-state index in [1.54, 1.807) is 18.6 Å². The van der Waals surface area contributed by atoms with E-state index >= 15 is 0 Å². The Morgan fingerprint density at radius 2 is 2.11 bits per heavy atom. The number of hydrogen-bond acceptors (Lipinski definition) is 6. The summed E-state index contributed by atoms with van der Waals surface area (Å²) in [6.45, 7) is 3.49. The first-order chi connectivity index (χ1) is 13.7. The summed E-state index contributed by atoms with van der Waals surface area (Å²) in [5.74, 6) is 2.24. The lowest BCUT2D eigenvalue weighted by Crippen LogP contribution is -2.49. The average molecular weight is 378 g/mol. The normalized spacial score (nSPS) is 16.6. The molecule has 4 rings (SSSR count). The predicted molar refractivity (Wildman–Crippen MR) is 106 cm³/mol. The molecule has 28 heavy (non-hydrogen) atoms. The third kappa shape index (κ3) is 4.25. The molecule has 1 aromatic carbocycles. The lowest BCUT2D eigenvalue weighted by Gasteiger charge is -2.33. The van der Waals surface area contributed by atoms with E-state index in [0.29, 0.717) is 5.82 Å². The Kier molecular flexibility index (Phi) is 5.14. The van der Waals surface area contributed by atoms with Crippen LogP contribution in [-0.4, -0.2) is 50.3 Å². The third-order valence-electron chi connectivity index (χ3n) is 4.63. The Morgan fingerprint density at radius 3 is 2.82 bits per heavy atom. The Morgan fingerprint density at radius 1 is 1.25 bits per heavy atom. The Labute approximate surface area is 162 Å². The number of aryl methyl sites for hydroxylation is 1. The van der Waals surface area contributed by atoms with E-state index in [0.717, 1.165) is 48.8 Å². The van der Waals surface area contributed by atoms with Crippen molar-refractivity contribution in [3.8, 4) is 11.4 Å². The van der Waals surface area contributed by atoms with Gasteiger partial charge in [-0.1, -0.05) is 0 Å². The summed E-state index contributed by atoms with van der Waals surface area (Å²) in [7, 11) is 0. The number of anilines is 2. The number of aromatic nitrogens is 5. The number of aromatic amines is 1. The minimum absolute atomic E-state index is 0.0614. The second kappa shape index (κ2) is 8.03. The van der Waals surface area contributed by atoms with E-state index < -0.39 is 0 Å². The van der Waals surface area contributed by atoms with Crippen LogP contribution in [0.1, 0.15) is 18.7 Å². The Hall–Kier alpha value is -3.49. The van der Waals surface area contributed by atoms with Gasteiger partial charge in [0.15, 0.2) is 5.82 Å². The lowest BCUT2D eigenvalue weighted by atomic mass is 10.1. The molecule has 3 N–H and O–H groups in total. The number of urea groups is 1. The van der Waals surface area contributed by atoms with Crippen LogP contribution in [0.5, 0.6) is 0 Å². The van der Waals surface area contributed by atoms with Crippen molar-refractivity contribution < 1.29 is 4.79 Å². The molecule has 0 bridgehead atoms. The number of hydrogen-bond donors (Lipinski definition) is 3. The zero-order chi connectivity index (χ0) is 19.3. The number of amides is 2. The zero-order valence-electron chi connectivity index (χ0n) is 15.6. The maximum absolute atomic E-state index is 12.4. The SMILES string of the molecule is Cc1nc(-c2ccc(NC(=O)N[C@@H]3CCCN(c4cnccn4)C3)cc2)n[nH]1. The van der Waals surface area contributed by atoms with Gasteiger partial charge >= 0.3 is 6.03 Å². The molecule has 3 aromatic rings. The van der Waals surface area contributed by atoms with Crippen molar-refractivity contribution in [3.63, 3.8) is 0 Å². The van der Waals surface area contributed by atoms with Crippen LogP contribution in [0.25, 0.3) is 11.4 Å². The number of carbonyl (C=O) groups is 1. The number of piperidine rings is 1. The van der Waals surface area contributed by atoms with Gasteiger partial charge in [0, 0.05) is 42.8 Å². The maximum atomic E-state index is 12.4. The predicted octanol–water partition coefficient (Wildman–Crippen LogP) is 2.36. The molecular formula is C19H22N8O. The molecule has 0 saturated carbocycles. The molecule has 1 aliphatic heterocycles. The first kappa shape index (κ1) is 17.9. The van der Waals surface area contributed by atoms with Crippen molar-refractivity contribution in [2.24, 2.45) is 0 Å². The molecule has 0 unspecified atom stereocenters. The molecule has 1 saturated heterocycles. The number of nitrogens with zero attached hydrogens (tertiary/aromatic N) is 5. The first-order valence-electron chi connectivity index (χ1n) is 9.25. The van der Waals surface area contributed by atoms with Crippen LogP contribution in [0.3, 0.4) is 0 Å². The van der Waals surface area contributed by atoms with E-state index in [1.807, 2.05) is 31.2 Å². The summed E-state index contributed by atoms with van der Waals surface area (Å²) in [6, 6.07) is 7.29. The fraction of sp³-hybridized carbons (Fsp3) is 0.316. The van der Waals surface area contributed by atoms with E-state index in [1.165, 1.54) is 0 Å². The Bertz CT molecular complexity index is 925. The quantitative estimate of drug-likeness (QED) is 0.643. The van der Waals surface area contributed by atoms with Crippen molar-refractivity contribution >= 4 is 17.5 Å². The van der Waals surface area contributed by atoms with Gasteiger partial charge in [-0.25, -0.2) is 14.8 Å². The molecule has 0 radical (unpaired) electrons. The zero-order valence-corrected chi connectivity index (χ0v) is 15.6. The van der Waals surface area contributed by atoms with Crippen LogP contribution in [0.15, 0.2) is 42.9 Å². The van der Waals surface area contributed by atoms with Crippen LogP contribution in [0.4, 0.5) is 16.3 Å². The van der Waals surface area contributed by atoms with Gasteiger partial charge in [-0.05, 0) is 44.0 Å². The summed E-state index contributed by atoms with van der Waals surface area (Å²) < 4.78 is 0. The topological polar surface area (TPSA) is 112 Å². The van der Waals surface area contributed by atoms with Crippen LogP contribution < -0.4 is 15.5 Å². The van der Waals surface area contributed by atoms with Gasteiger partial charge in [-0.3, -0.25) is 10.1 Å². The molecule has 1 aliphatic rings. The number of H-pyrrole nitrogens is 1. The number of nitrogens with one attached hydrogen (secondary N) is 3. The number of carbonyl (C=O) groups excluding carboxylic acids is 1. The molecule has 9 nitrogen and oxygen atoms in total. The Balaban J connectivity index is 1.32. The van der Waals surface area contributed by atoms with Gasteiger partial charge < -0.3 is 15.5 Å². The summed E-state index contributed by atoms with van der Waals surface area (Å²) in [5.41, 5.74) is 1.61. The van der Waals surface area contributed by atoms with Crippen LogP contribution in [0, 0.1) is 6.92 Å². The lowest BCUT2D eigenvalue weighted by molar-refractivity contribution is 0.246. The van der Waals surface area contributed by atoms with Gasteiger partial charge in [0.25, 0.3) is 0 Å². The molecule has 2 amide bonds. The molecule has 1 atom stereocenters. The minimum atomic E-state index is -0.215. The highest BCUT2D eigenvalue weighted by Crippen LogP contribution is 2.19. The summed E-state index contributed by atoms with van der Waals surface area (Å²) in [4.78, 5) is 27.3. The van der Waals surface area contributed by atoms with Gasteiger partial charge in [0.2, 0.25) is 0 Å². The molecular weight excluding hydrogens is 356 g/mol. The maximum Gasteiger partial charge on any atom is 0.319 e. The van der Waals surface area contributed by atoms with Crippen molar-refractivity contribution in [2.75, 3.05) is 23.3 Å². The highest BCUT2D eigenvalue weighted by molar-refractivity contribution is 5.89. The van der Waals surface area contributed by atoms with Gasteiger partial charge in [0.05, 0.1) is 6.20 Å².